The maximum Gasteiger partial charge on any atom is 0.289 e. The van der Waals surface area contributed by atoms with E-state index in [1.807, 2.05) is 0 Å². The number of primary amides is 1. The number of nitrogens with zero attached hydrogens (tertiary/aromatic N) is 2. The van der Waals surface area contributed by atoms with E-state index in [9.17, 15) is 14.4 Å². The Morgan fingerprint density at radius 2 is 1.75 bits per heavy atom. The van der Waals surface area contributed by atoms with Crippen LogP contribution in [0.25, 0.3) is 0 Å². The molecule has 1 aliphatic rings. The van der Waals surface area contributed by atoms with Crippen LogP contribution < -0.4 is 5.73 Å². The molecule has 3 amide bonds. The molecule has 7 nitrogen and oxygen atoms in total. The Bertz CT molecular complexity index is 490. The molecule has 20 heavy (non-hydrogen) atoms. The van der Waals surface area contributed by atoms with Crippen molar-refractivity contribution in [1.29, 1.82) is 0 Å². The predicted octanol–water partition coefficient (Wildman–Crippen LogP) is -0.171. The molecule has 0 bridgehead atoms. The minimum absolute atomic E-state index is 0.0599. The molecule has 7 heteroatoms. The van der Waals surface area contributed by atoms with Gasteiger partial charge in [-0.05, 0) is 12.1 Å². The van der Waals surface area contributed by atoms with E-state index in [0.717, 1.165) is 0 Å². The molecule has 0 atom stereocenters. The highest BCUT2D eigenvalue weighted by Gasteiger charge is 2.25. The van der Waals surface area contributed by atoms with E-state index >= 15 is 0 Å². The Kier molecular flexibility index (Phi) is 4.39. The zero-order valence-electron chi connectivity index (χ0n) is 11.1. The highest BCUT2D eigenvalue weighted by atomic mass is 16.3. The quantitative estimate of drug-likeness (QED) is 0.827. The summed E-state index contributed by atoms with van der Waals surface area (Å²) in [6.45, 7) is 1.85. The number of hydrogen-bond donors (Lipinski definition) is 1. The molecule has 1 fully saturated rings. The van der Waals surface area contributed by atoms with E-state index in [1.54, 1.807) is 21.9 Å². The zero-order chi connectivity index (χ0) is 14.5. The van der Waals surface area contributed by atoms with Gasteiger partial charge in [-0.3, -0.25) is 14.4 Å². The normalized spacial score (nSPS) is 15.2. The minimum atomic E-state index is -0.481. The average Bonchev–Trinajstić information content (AvgIpc) is 2.98. The van der Waals surface area contributed by atoms with Crippen molar-refractivity contribution >= 4 is 17.7 Å². The predicted molar refractivity (Wildman–Crippen MR) is 69.6 cm³/mol. The minimum Gasteiger partial charge on any atom is -0.459 e. The van der Waals surface area contributed by atoms with Gasteiger partial charge in [-0.15, -0.1) is 0 Å². The maximum absolute atomic E-state index is 12.0. The topological polar surface area (TPSA) is 96.9 Å². The highest BCUT2D eigenvalue weighted by Crippen LogP contribution is 2.10. The first-order valence-electron chi connectivity index (χ1n) is 6.47. The van der Waals surface area contributed by atoms with E-state index in [-0.39, 0.29) is 24.7 Å². The number of piperazine rings is 1. The van der Waals surface area contributed by atoms with Gasteiger partial charge in [-0.2, -0.15) is 0 Å². The second-order valence-electron chi connectivity index (χ2n) is 4.62. The van der Waals surface area contributed by atoms with Gasteiger partial charge in [0.05, 0.1) is 6.26 Å². The zero-order valence-corrected chi connectivity index (χ0v) is 11.1. The third kappa shape index (κ3) is 3.37. The van der Waals surface area contributed by atoms with Gasteiger partial charge in [-0.1, -0.05) is 0 Å². The molecule has 0 spiro atoms. The van der Waals surface area contributed by atoms with Crippen LogP contribution in [-0.2, 0) is 9.59 Å². The molecule has 108 valence electrons. The number of nitrogens with two attached hydrogens (primary N) is 1. The van der Waals surface area contributed by atoms with Crippen molar-refractivity contribution in [3.8, 4) is 0 Å². The molecular formula is C13H17N3O4. The fraction of sp³-hybridized carbons (Fsp3) is 0.462. The van der Waals surface area contributed by atoms with Crippen molar-refractivity contribution in [2.75, 3.05) is 26.2 Å². The van der Waals surface area contributed by atoms with Gasteiger partial charge >= 0.3 is 0 Å². The SMILES string of the molecule is NC(=O)CCC(=O)N1CCN(C(=O)c2ccco2)CC1. The number of carbonyl (C=O) groups excluding carboxylic acids is 3. The van der Waals surface area contributed by atoms with Gasteiger partial charge in [0, 0.05) is 39.0 Å². The monoisotopic (exact) mass is 279 g/mol. The van der Waals surface area contributed by atoms with E-state index in [4.69, 9.17) is 10.2 Å². The molecule has 0 saturated carbocycles. The number of rotatable bonds is 4. The summed E-state index contributed by atoms with van der Waals surface area (Å²) in [5.74, 6) is -0.448. The standard InChI is InChI=1S/C13H17N3O4/c14-11(17)3-4-12(18)15-5-7-16(8-6-15)13(19)10-2-1-9-20-10/h1-2,9H,3-8H2,(H2,14,17). The largest absolute Gasteiger partial charge is 0.459 e. The average molecular weight is 279 g/mol. The van der Waals surface area contributed by atoms with Crippen molar-refractivity contribution in [3.63, 3.8) is 0 Å². The molecular weight excluding hydrogens is 262 g/mol. The van der Waals surface area contributed by atoms with Crippen LogP contribution in [-0.4, -0.2) is 53.7 Å². The molecule has 1 aliphatic heterocycles. The van der Waals surface area contributed by atoms with E-state index in [0.29, 0.717) is 31.9 Å². The van der Waals surface area contributed by atoms with Gasteiger partial charge in [-0.25, -0.2) is 0 Å². The van der Waals surface area contributed by atoms with Gasteiger partial charge in [0.15, 0.2) is 5.76 Å². The molecule has 0 aromatic carbocycles. The molecule has 2 N–H and O–H groups in total. The molecule has 1 saturated heterocycles. The van der Waals surface area contributed by atoms with E-state index in [2.05, 4.69) is 0 Å². The lowest BCUT2D eigenvalue weighted by atomic mass is 10.2. The Labute approximate surface area is 116 Å². The molecule has 2 heterocycles. The summed E-state index contributed by atoms with van der Waals surface area (Å²) >= 11 is 0. The summed E-state index contributed by atoms with van der Waals surface area (Å²) in [5, 5.41) is 0. The third-order valence-corrected chi connectivity index (χ3v) is 3.24. The lowest BCUT2D eigenvalue weighted by molar-refractivity contribution is -0.134. The lowest BCUT2D eigenvalue weighted by Crippen LogP contribution is -2.50. The van der Waals surface area contributed by atoms with Crippen molar-refractivity contribution < 1.29 is 18.8 Å². The van der Waals surface area contributed by atoms with Crippen LogP contribution in [0.1, 0.15) is 23.4 Å². The van der Waals surface area contributed by atoms with Crippen molar-refractivity contribution in [1.82, 2.24) is 9.80 Å². The number of amides is 3. The Balaban J connectivity index is 1.82. The van der Waals surface area contributed by atoms with Gasteiger partial charge < -0.3 is 20.0 Å². The molecule has 1 aromatic heterocycles. The Morgan fingerprint density at radius 1 is 1.10 bits per heavy atom. The van der Waals surface area contributed by atoms with Crippen molar-refractivity contribution in [2.24, 2.45) is 5.73 Å². The summed E-state index contributed by atoms with van der Waals surface area (Å²) in [5.41, 5.74) is 5.01. The van der Waals surface area contributed by atoms with Crippen LogP contribution in [0.3, 0.4) is 0 Å². The second kappa shape index (κ2) is 6.23. The third-order valence-electron chi connectivity index (χ3n) is 3.24. The number of furan rings is 1. The van der Waals surface area contributed by atoms with E-state index < -0.39 is 5.91 Å². The first-order valence-corrected chi connectivity index (χ1v) is 6.47. The van der Waals surface area contributed by atoms with Crippen molar-refractivity contribution in [2.45, 2.75) is 12.8 Å². The molecule has 0 unspecified atom stereocenters. The Morgan fingerprint density at radius 3 is 2.30 bits per heavy atom. The number of hydrogen-bond acceptors (Lipinski definition) is 4. The summed E-state index contributed by atoms with van der Waals surface area (Å²) in [4.78, 5) is 37.8. The van der Waals surface area contributed by atoms with Crippen LogP contribution >= 0.6 is 0 Å². The lowest BCUT2D eigenvalue weighted by Gasteiger charge is -2.34. The van der Waals surface area contributed by atoms with Crippen LogP contribution in [0, 0.1) is 0 Å². The number of carbonyl (C=O) groups is 3. The first-order chi connectivity index (χ1) is 9.58. The molecule has 2 rings (SSSR count). The van der Waals surface area contributed by atoms with Crippen molar-refractivity contribution in [3.05, 3.63) is 24.2 Å². The summed E-state index contributed by atoms with van der Waals surface area (Å²) in [6.07, 6.45) is 1.64. The first kappa shape index (κ1) is 14.1. The van der Waals surface area contributed by atoms with Crippen LogP contribution in [0.4, 0.5) is 0 Å². The van der Waals surface area contributed by atoms with Gasteiger partial charge in [0.1, 0.15) is 0 Å². The van der Waals surface area contributed by atoms with Crippen LogP contribution in [0.5, 0.6) is 0 Å². The summed E-state index contributed by atoms with van der Waals surface area (Å²) in [7, 11) is 0. The van der Waals surface area contributed by atoms with Crippen LogP contribution in [0.2, 0.25) is 0 Å². The molecule has 1 aromatic rings. The second-order valence-corrected chi connectivity index (χ2v) is 4.62. The van der Waals surface area contributed by atoms with Gasteiger partial charge in [0.25, 0.3) is 5.91 Å². The van der Waals surface area contributed by atoms with E-state index in [1.165, 1.54) is 6.26 Å². The molecule has 0 aliphatic carbocycles. The maximum atomic E-state index is 12.0. The Hall–Kier alpha value is -2.31. The highest BCUT2D eigenvalue weighted by molar-refractivity contribution is 5.91. The van der Waals surface area contributed by atoms with Crippen LogP contribution in [0.15, 0.2) is 22.8 Å². The fourth-order valence-corrected chi connectivity index (χ4v) is 2.10. The molecule has 0 radical (unpaired) electrons. The fourth-order valence-electron chi connectivity index (χ4n) is 2.10. The van der Waals surface area contributed by atoms with Gasteiger partial charge in [0.2, 0.25) is 11.8 Å². The summed E-state index contributed by atoms with van der Waals surface area (Å²) in [6, 6.07) is 3.28. The smallest absolute Gasteiger partial charge is 0.289 e. The summed E-state index contributed by atoms with van der Waals surface area (Å²) < 4.78 is 5.06.